The van der Waals surface area contributed by atoms with Crippen LogP contribution in [0.25, 0.3) is 16.8 Å². The smallest absolute Gasteiger partial charge is 0.278 e. The summed E-state index contributed by atoms with van der Waals surface area (Å²) in [7, 11) is 0. The van der Waals surface area contributed by atoms with E-state index in [1.807, 2.05) is 25.1 Å². The number of hydrogen-bond donors (Lipinski definition) is 1. The molecule has 4 rings (SSSR count). The molecule has 0 bridgehead atoms. The number of halogens is 2. The topological polar surface area (TPSA) is 72.2 Å². The molecule has 1 amide bonds. The number of nitrogens with one attached hydrogen (secondary N) is 1. The third-order valence-corrected chi connectivity index (χ3v) is 4.84. The molecule has 4 aromatic rings. The Labute approximate surface area is 171 Å². The normalized spacial score (nSPS) is 11.0. The molecule has 2 heterocycles. The van der Waals surface area contributed by atoms with Crippen molar-refractivity contribution in [3.63, 3.8) is 0 Å². The van der Waals surface area contributed by atoms with Gasteiger partial charge in [0.1, 0.15) is 5.82 Å². The van der Waals surface area contributed by atoms with Crippen molar-refractivity contribution in [3.05, 3.63) is 76.5 Å². The van der Waals surface area contributed by atoms with Crippen molar-refractivity contribution in [2.24, 2.45) is 0 Å². The van der Waals surface area contributed by atoms with Crippen LogP contribution in [0.15, 0.2) is 48.5 Å². The lowest BCUT2D eigenvalue weighted by Gasteiger charge is -2.08. The Kier molecular flexibility index (Phi) is 4.98. The van der Waals surface area contributed by atoms with E-state index in [-0.39, 0.29) is 11.5 Å². The molecular formula is C21H17ClFN5O. The molecule has 0 atom stereocenters. The van der Waals surface area contributed by atoms with Crippen LogP contribution in [0.3, 0.4) is 0 Å². The molecule has 0 unspecified atom stereocenters. The van der Waals surface area contributed by atoms with Crippen LogP contribution in [-0.4, -0.2) is 25.7 Å². The number of aromatic nitrogens is 4. The van der Waals surface area contributed by atoms with Gasteiger partial charge in [0.15, 0.2) is 11.3 Å². The molecule has 0 aliphatic carbocycles. The Hall–Kier alpha value is -3.32. The maximum Gasteiger partial charge on any atom is 0.278 e. The Morgan fingerprint density at radius 1 is 1.17 bits per heavy atom. The van der Waals surface area contributed by atoms with Gasteiger partial charge in [0.2, 0.25) is 0 Å². The van der Waals surface area contributed by atoms with Gasteiger partial charge in [0.25, 0.3) is 5.91 Å². The van der Waals surface area contributed by atoms with Crippen LogP contribution in [0.1, 0.15) is 28.8 Å². The number of carbonyl (C=O) groups is 1. The van der Waals surface area contributed by atoms with Crippen molar-refractivity contribution in [1.82, 2.24) is 19.8 Å². The second-order valence-electron chi connectivity index (χ2n) is 6.52. The first-order valence-corrected chi connectivity index (χ1v) is 9.43. The summed E-state index contributed by atoms with van der Waals surface area (Å²) in [6, 6.07) is 13.0. The number of benzene rings is 2. The molecule has 2 aromatic carbocycles. The highest BCUT2D eigenvalue weighted by Gasteiger charge is 2.21. The SMILES string of the molecule is CCc1nn2c(C)c(C(=O)Nc3ccc(F)cc3)nnc2c1-c1cccc(Cl)c1. The number of amides is 1. The van der Waals surface area contributed by atoms with Crippen molar-refractivity contribution in [2.45, 2.75) is 20.3 Å². The second kappa shape index (κ2) is 7.60. The van der Waals surface area contributed by atoms with Crippen LogP contribution in [0.5, 0.6) is 0 Å². The predicted octanol–water partition coefficient (Wildman–Crippen LogP) is 4.71. The Morgan fingerprint density at radius 3 is 2.62 bits per heavy atom. The first-order valence-electron chi connectivity index (χ1n) is 9.05. The monoisotopic (exact) mass is 409 g/mol. The molecule has 6 nitrogen and oxygen atoms in total. The molecule has 146 valence electrons. The van der Waals surface area contributed by atoms with E-state index in [0.717, 1.165) is 16.8 Å². The fourth-order valence-corrected chi connectivity index (χ4v) is 3.36. The number of nitrogens with zero attached hydrogens (tertiary/aromatic N) is 4. The van der Waals surface area contributed by atoms with Gasteiger partial charge >= 0.3 is 0 Å². The molecule has 2 aromatic heterocycles. The molecule has 8 heteroatoms. The average molecular weight is 410 g/mol. The Balaban J connectivity index is 1.78. The molecule has 0 fully saturated rings. The third kappa shape index (κ3) is 3.56. The van der Waals surface area contributed by atoms with Crippen LogP contribution in [0, 0.1) is 12.7 Å². The van der Waals surface area contributed by atoms with Gasteiger partial charge in [-0.25, -0.2) is 8.91 Å². The maximum atomic E-state index is 13.1. The summed E-state index contributed by atoms with van der Waals surface area (Å²) >= 11 is 6.15. The fourth-order valence-electron chi connectivity index (χ4n) is 3.17. The lowest BCUT2D eigenvalue weighted by Crippen LogP contribution is -2.18. The summed E-state index contributed by atoms with van der Waals surface area (Å²) in [6.45, 7) is 3.76. The first-order chi connectivity index (χ1) is 14.0. The molecule has 0 radical (unpaired) electrons. The van der Waals surface area contributed by atoms with E-state index in [1.165, 1.54) is 24.3 Å². The summed E-state index contributed by atoms with van der Waals surface area (Å²) in [5.41, 5.74) is 4.28. The molecule has 0 aliphatic rings. The van der Waals surface area contributed by atoms with Gasteiger partial charge in [0, 0.05) is 10.7 Å². The zero-order chi connectivity index (χ0) is 20.5. The summed E-state index contributed by atoms with van der Waals surface area (Å²) in [4.78, 5) is 12.7. The highest BCUT2D eigenvalue weighted by atomic mass is 35.5. The lowest BCUT2D eigenvalue weighted by atomic mass is 10.0. The maximum absolute atomic E-state index is 13.1. The summed E-state index contributed by atoms with van der Waals surface area (Å²) in [5.74, 6) is -0.820. The van der Waals surface area contributed by atoms with E-state index >= 15 is 0 Å². The highest BCUT2D eigenvalue weighted by molar-refractivity contribution is 6.30. The summed E-state index contributed by atoms with van der Waals surface area (Å²) in [5, 5.41) is 16.4. The van der Waals surface area contributed by atoms with Crippen molar-refractivity contribution >= 4 is 28.8 Å². The standard InChI is InChI=1S/C21H17ClFN5O/c1-3-17-18(13-5-4-6-14(22)11-13)20-26-25-19(12(2)28(20)27-17)21(29)24-16-9-7-15(23)8-10-16/h4-11H,3H2,1-2H3,(H,24,29). The number of carbonyl (C=O) groups excluding carboxylic acids is 1. The number of fused-ring (bicyclic) bond motifs is 1. The van der Waals surface area contributed by atoms with Crippen molar-refractivity contribution in [3.8, 4) is 11.1 Å². The van der Waals surface area contributed by atoms with Gasteiger partial charge in [-0.15, -0.1) is 10.2 Å². The number of hydrogen-bond acceptors (Lipinski definition) is 4. The number of rotatable bonds is 4. The predicted molar refractivity (Wildman–Crippen MR) is 110 cm³/mol. The molecule has 29 heavy (non-hydrogen) atoms. The fraction of sp³-hybridized carbons (Fsp3) is 0.143. The van der Waals surface area contributed by atoms with Crippen LogP contribution < -0.4 is 5.32 Å². The molecule has 0 aliphatic heterocycles. The van der Waals surface area contributed by atoms with Crippen molar-refractivity contribution < 1.29 is 9.18 Å². The van der Waals surface area contributed by atoms with E-state index < -0.39 is 5.91 Å². The largest absolute Gasteiger partial charge is 0.321 e. The zero-order valence-corrected chi connectivity index (χ0v) is 16.5. The highest BCUT2D eigenvalue weighted by Crippen LogP contribution is 2.30. The van der Waals surface area contributed by atoms with E-state index in [9.17, 15) is 9.18 Å². The first kappa shape index (κ1) is 19.0. The Morgan fingerprint density at radius 2 is 1.93 bits per heavy atom. The molecule has 0 saturated carbocycles. The minimum absolute atomic E-state index is 0.143. The van der Waals surface area contributed by atoms with E-state index in [4.69, 9.17) is 11.6 Å². The number of aryl methyl sites for hydroxylation is 2. The van der Waals surface area contributed by atoms with Crippen LogP contribution in [0.2, 0.25) is 5.02 Å². The molecule has 0 spiro atoms. The second-order valence-corrected chi connectivity index (χ2v) is 6.95. The van der Waals surface area contributed by atoms with Gasteiger partial charge in [-0.05, 0) is 55.3 Å². The van der Waals surface area contributed by atoms with Crippen LogP contribution >= 0.6 is 11.6 Å². The average Bonchev–Trinajstić information content (AvgIpc) is 3.09. The van der Waals surface area contributed by atoms with E-state index in [2.05, 4.69) is 20.6 Å². The van der Waals surface area contributed by atoms with Gasteiger partial charge < -0.3 is 5.32 Å². The quantitative estimate of drug-likeness (QED) is 0.530. The van der Waals surface area contributed by atoms with Crippen LogP contribution in [-0.2, 0) is 6.42 Å². The van der Waals surface area contributed by atoms with Crippen LogP contribution in [0.4, 0.5) is 10.1 Å². The van der Waals surface area contributed by atoms with E-state index in [0.29, 0.717) is 28.5 Å². The molecular weight excluding hydrogens is 393 g/mol. The summed E-state index contributed by atoms with van der Waals surface area (Å²) < 4.78 is 14.7. The minimum Gasteiger partial charge on any atom is -0.321 e. The third-order valence-electron chi connectivity index (χ3n) is 4.60. The minimum atomic E-state index is -0.443. The van der Waals surface area contributed by atoms with Gasteiger partial charge in [-0.2, -0.15) is 5.10 Å². The zero-order valence-electron chi connectivity index (χ0n) is 15.8. The molecule has 1 N–H and O–H groups in total. The van der Waals surface area contributed by atoms with Gasteiger partial charge in [-0.1, -0.05) is 30.7 Å². The van der Waals surface area contributed by atoms with Gasteiger partial charge in [0.05, 0.1) is 17.0 Å². The van der Waals surface area contributed by atoms with Gasteiger partial charge in [-0.3, -0.25) is 4.79 Å². The van der Waals surface area contributed by atoms with E-state index in [1.54, 1.807) is 17.5 Å². The number of anilines is 1. The lowest BCUT2D eigenvalue weighted by molar-refractivity contribution is 0.102. The van der Waals surface area contributed by atoms with Crippen molar-refractivity contribution in [1.29, 1.82) is 0 Å². The van der Waals surface area contributed by atoms with Crippen molar-refractivity contribution in [2.75, 3.05) is 5.32 Å². The molecule has 0 saturated heterocycles. The Bertz CT molecular complexity index is 1220. The summed E-state index contributed by atoms with van der Waals surface area (Å²) in [6.07, 6.45) is 0.682.